The van der Waals surface area contributed by atoms with Crippen LogP contribution in [0.5, 0.6) is 11.5 Å². The maximum Gasteiger partial charge on any atom is 0.239 e. The molecule has 1 unspecified atom stereocenters. The van der Waals surface area contributed by atoms with E-state index in [1.807, 2.05) is 32.0 Å². The molecule has 2 aromatic rings. The van der Waals surface area contributed by atoms with Gasteiger partial charge in [0.15, 0.2) is 16.7 Å². The topological polar surface area (TPSA) is 72.3 Å². The van der Waals surface area contributed by atoms with Crippen molar-refractivity contribution in [3.05, 3.63) is 59.2 Å². The Morgan fingerprint density at radius 2 is 1.84 bits per heavy atom. The third-order valence-electron chi connectivity index (χ3n) is 4.75. The third-order valence-corrected chi connectivity index (χ3v) is 5.82. The van der Waals surface area contributed by atoms with E-state index in [0.717, 1.165) is 11.1 Å². The molecule has 1 aliphatic heterocycles. The maximum atomic E-state index is 12.3. The molecule has 1 heterocycles. The number of nitrogens with one attached hydrogen (secondary N) is 1. The molecule has 164 valence electrons. The highest BCUT2D eigenvalue weighted by Gasteiger charge is 2.30. The number of hydrogen-bond donors (Lipinski definition) is 1. The van der Waals surface area contributed by atoms with Crippen LogP contribution < -0.4 is 14.8 Å². The average Bonchev–Trinajstić information content (AvgIpc) is 3.08. The Hall–Kier alpha value is -2.80. The van der Waals surface area contributed by atoms with Crippen LogP contribution in [0.1, 0.15) is 50.3 Å². The molecule has 1 aliphatic rings. The number of amides is 1. The molecule has 1 fully saturated rings. The van der Waals surface area contributed by atoms with E-state index < -0.39 is 0 Å². The van der Waals surface area contributed by atoms with Gasteiger partial charge in [0.25, 0.3) is 0 Å². The number of amidine groups is 1. The quantitative estimate of drug-likeness (QED) is 0.475. The molecule has 1 saturated heterocycles. The van der Waals surface area contributed by atoms with Crippen LogP contribution in [0.2, 0.25) is 0 Å². The lowest BCUT2D eigenvalue weighted by Gasteiger charge is -2.13. The van der Waals surface area contributed by atoms with Crippen LogP contribution >= 0.6 is 11.8 Å². The zero-order valence-electron chi connectivity index (χ0n) is 18.6. The molecule has 0 aliphatic carbocycles. The van der Waals surface area contributed by atoms with Crippen LogP contribution in [0.3, 0.4) is 0 Å². The van der Waals surface area contributed by atoms with E-state index in [-0.39, 0.29) is 17.3 Å². The maximum absolute atomic E-state index is 12.3. The van der Waals surface area contributed by atoms with E-state index >= 15 is 0 Å². The molecule has 3 rings (SSSR count). The normalized spacial score (nSPS) is 17.7. The van der Waals surface area contributed by atoms with Gasteiger partial charge in [-0.15, -0.1) is 5.10 Å². The summed E-state index contributed by atoms with van der Waals surface area (Å²) in [7, 11) is 1.60. The lowest BCUT2D eigenvalue weighted by molar-refractivity contribution is -0.118. The largest absolute Gasteiger partial charge is 0.493 e. The van der Waals surface area contributed by atoms with Gasteiger partial charge in [-0.25, -0.2) is 0 Å². The number of carbonyl (C=O) groups is 1. The second-order valence-electron chi connectivity index (χ2n) is 7.92. The van der Waals surface area contributed by atoms with Crippen LogP contribution in [-0.2, 0) is 11.2 Å². The average molecular weight is 440 g/mol. The summed E-state index contributed by atoms with van der Waals surface area (Å²) in [5.74, 6) is 1.78. The summed E-state index contributed by atoms with van der Waals surface area (Å²) in [6, 6.07) is 14.0. The van der Waals surface area contributed by atoms with Crippen molar-refractivity contribution >= 4 is 29.1 Å². The van der Waals surface area contributed by atoms with Crippen molar-refractivity contribution in [2.24, 2.45) is 10.2 Å². The number of benzene rings is 2. The van der Waals surface area contributed by atoms with Crippen LogP contribution in [-0.4, -0.2) is 35.8 Å². The monoisotopic (exact) mass is 439 g/mol. The molecule has 1 amide bonds. The van der Waals surface area contributed by atoms with E-state index in [0.29, 0.717) is 29.0 Å². The number of ether oxygens (including phenoxy) is 2. The van der Waals surface area contributed by atoms with Crippen molar-refractivity contribution in [3.8, 4) is 11.5 Å². The van der Waals surface area contributed by atoms with Crippen molar-refractivity contribution in [1.82, 2.24) is 5.32 Å². The van der Waals surface area contributed by atoms with E-state index in [1.165, 1.54) is 17.3 Å². The number of carbonyl (C=O) groups excluding carboxylic acids is 1. The van der Waals surface area contributed by atoms with Gasteiger partial charge in [-0.1, -0.05) is 49.9 Å². The Kier molecular flexibility index (Phi) is 7.74. The van der Waals surface area contributed by atoms with Gasteiger partial charge in [-0.3, -0.25) is 4.79 Å². The Balaban J connectivity index is 1.61. The minimum Gasteiger partial charge on any atom is -0.493 e. The van der Waals surface area contributed by atoms with Gasteiger partial charge in [0.05, 0.1) is 24.7 Å². The summed E-state index contributed by atoms with van der Waals surface area (Å²) in [4.78, 5) is 12.3. The van der Waals surface area contributed by atoms with Gasteiger partial charge in [0, 0.05) is 0 Å². The van der Waals surface area contributed by atoms with E-state index in [4.69, 9.17) is 9.47 Å². The molecule has 1 atom stereocenters. The summed E-state index contributed by atoms with van der Waals surface area (Å²) in [5, 5.41) is 11.4. The minimum atomic E-state index is -0.202. The van der Waals surface area contributed by atoms with Crippen molar-refractivity contribution < 1.29 is 14.3 Å². The second kappa shape index (κ2) is 10.5. The lowest BCUT2D eigenvalue weighted by atomic mass is 10.0. The van der Waals surface area contributed by atoms with Crippen LogP contribution in [0.4, 0.5) is 0 Å². The number of thioether (sulfide) groups is 1. The molecule has 0 spiro atoms. The first-order valence-corrected chi connectivity index (χ1v) is 11.3. The van der Waals surface area contributed by atoms with Gasteiger partial charge in [-0.05, 0) is 61.1 Å². The number of hydrogen-bond acceptors (Lipinski definition) is 6. The Morgan fingerprint density at radius 1 is 1.10 bits per heavy atom. The van der Waals surface area contributed by atoms with E-state index in [2.05, 4.69) is 53.6 Å². The van der Waals surface area contributed by atoms with Gasteiger partial charge < -0.3 is 14.8 Å². The predicted octanol–water partition coefficient (Wildman–Crippen LogP) is 4.77. The molecule has 31 heavy (non-hydrogen) atoms. The lowest BCUT2D eigenvalue weighted by Crippen LogP contribution is -2.25. The zero-order chi connectivity index (χ0) is 22.4. The fourth-order valence-electron chi connectivity index (χ4n) is 3.10. The number of nitrogens with zero attached hydrogens (tertiary/aromatic N) is 2. The molecular formula is C24H29N3O3S. The molecule has 0 bridgehead atoms. The summed E-state index contributed by atoms with van der Waals surface area (Å²) in [6.07, 6.45) is 2.34. The molecule has 6 nitrogen and oxygen atoms in total. The van der Waals surface area contributed by atoms with Crippen molar-refractivity contribution in [3.63, 3.8) is 0 Å². The summed E-state index contributed by atoms with van der Waals surface area (Å²) in [6.45, 7) is 8.27. The highest BCUT2D eigenvalue weighted by Crippen LogP contribution is 2.28. The second-order valence-corrected chi connectivity index (χ2v) is 9.11. The standard InChI is InChI=1S/C24H29N3O3S/c1-15(2)19-9-6-17(7-10-19)13-22-23(28)26-24(31-22)27-25-14-18-8-11-20(30-16(3)4)21(12-18)29-5/h6-12,14-16,22H,13H2,1-5H3,(H,26,27,28)/b25-14+. The highest BCUT2D eigenvalue weighted by atomic mass is 32.2. The Bertz CT molecular complexity index is 969. The molecule has 7 heteroatoms. The molecule has 0 radical (unpaired) electrons. The molecule has 0 saturated carbocycles. The fraction of sp³-hybridized carbons (Fsp3) is 0.375. The van der Waals surface area contributed by atoms with Gasteiger partial charge in [0.2, 0.25) is 5.91 Å². The van der Waals surface area contributed by atoms with Crippen LogP contribution in [0.15, 0.2) is 52.7 Å². The van der Waals surface area contributed by atoms with Gasteiger partial charge >= 0.3 is 0 Å². The molecular weight excluding hydrogens is 410 g/mol. The summed E-state index contributed by atoms with van der Waals surface area (Å²) < 4.78 is 11.1. The van der Waals surface area contributed by atoms with Crippen molar-refractivity contribution in [2.45, 2.75) is 51.4 Å². The first-order valence-electron chi connectivity index (χ1n) is 10.4. The molecule has 0 aromatic heterocycles. The van der Waals surface area contributed by atoms with Crippen LogP contribution in [0, 0.1) is 0 Å². The predicted molar refractivity (Wildman–Crippen MR) is 128 cm³/mol. The zero-order valence-corrected chi connectivity index (χ0v) is 19.4. The fourth-order valence-corrected chi connectivity index (χ4v) is 4.07. The number of methoxy groups -OCH3 is 1. The first kappa shape index (κ1) is 22.9. The van der Waals surface area contributed by atoms with Crippen molar-refractivity contribution in [1.29, 1.82) is 0 Å². The molecule has 1 N–H and O–H groups in total. The Morgan fingerprint density at radius 3 is 2.48 bits per heavy atom. The van der Waals surface area contributed by atoms with E-state index in [9.17, 15) is 4.79 Å². The summed E-state index contributed by atoms with van der Waals surface area (Å²) >= 11 is 1.41. The number of rotatable bonds is 8. The minimum absolute atomic E-state index is 0.0382. The van der Waals surface area contributed by atoms with Gasteiger partial charge in [-0.2, -0.15) is 5.10 Å². The highest BCUT2D eigenvalue weighted by molar-refractivity contribution is 8.15. The van der Waals surface area contributed by atoms with Gasteiger partial charge in [0.1, 0.15) is 0 Å². The third kappa shape index (κ3) is 6.34. The summed E-state index contributed by atoms with van der Waals surface area (Å²) in [5.41, 5.74) is 3.26. The van der Waals surface area contributed by atoms with E-state index in [1.54, 1.807) is 13.3 Å². The SMILES string of the molecule is COc1cc(/C=N/N=C2\NC(=O)C(Cc3ccc(C(C)C)cc3)S2)ccc1OC(C)C. The Labute approximate surface area is 188 Å². The van der Waals surface area contributed by atoms with Crippen molar-refractivity contribution in [2.75, 3.05) is 7.11 Å². The first-order chi connectivity index (χ1) is 14.9. The smallest absolute Gasteiger partial charge is 0.239 e. The van der Waals surface area contributed by atoms with Crippen LogP contribution in [0.25, 0.3) is 0 Å². The molecule has 2 aromatic carbocycles.